The number of nitrogens with one attached hydrogen (secondary N) is 1. The maximum atomic E-state index is 6.90. The van der Waals surface area contributed by atoms with Crippen molar-refractivity contribution in [3.05, 3.63) is 210 Å². The third-order valence-corrected chi connectivity index (χ3v) is 11.9. The number of para-hydroxylation sites is 2. The molecular weight excluding hydrogens is 695 g/mol. The molecule has 2 heterocycles. The number of benzene rings is 7. The molecule has 0 radical (unpaired) electrons. The molecule has 3 aliphatic rings. The molecule has 0 saturated carbocycles. The average Bonchev–Trinajstić information content (AvgIpc) is 3.77. The molecule has 1 unspecified atom stereocenters. The van der Waals surface area contributed by atoms with E-state index in [1.54, 1.807) is 0 Å². The van der Waals surface area contributed by atoms with Crippen molar-refractivity contribution in [2.45, 2.75) is 25.3 Å². The minimum Gasteiger partial charge on any atom is -0.454 e. The van der Waals surface area contributed by atoms with Gasteiger partial charge in [0.1, 0.15) is 5.58 Å². The first-order chi connectivity index (χ1) is 28.0. The summed E-state index contributed by atoms with van der Waals surface area (Å²) in [6.07, 6.45) is 8.39. The van der Waals surface area contributed by atoms with Crippen LogP contribution in [0.1, 0.15) is 36.1 Å². The SMILES string of the molecule is CC1(C)c2ccccc2-c2cc(N(c3ccccc3)c3ccc(-c4ccc(C5=C(c6ccccc6)N=C6C=CC=CC6N5)cc4)c4c3oc3ccccc34)ccc21. The first-order valence-corrected chi connectivity index (χ1v) is 19.7. The van der Waals surface area contributed by atoms with Crippen LogP contribution in [0.2, 0.25) is 0 Å². The topological polar surface area (TPSA) is 40.8 Å². The molecule has 1 aliphatic heterocycles. The molecular formula is C53H39N3O. The van der Waals surface area contributed by atoms with Crippen molar-refractivity contribution in [3.63, 3.8) is 0 Å². The van der Waals surface area contributed by atoms with E-state index in [-0.39, 0.29) is 11.5 Å². The van der Waals surface area contributed by atoms with Gasteiger partial charge in [-0.25, -0.2) is 4.99 Å². The average molecular weight is 734 g/mol. The van der Waals surface area contributed by atoms with E-state index >= 15 is 0 Å². The highest BCUT2D eigenvalue weighted by Gasteiger charge is 2.36. The zero-order valence-corrected chi connectivity index (χ0v) is 31.8. The summed E-state index contributed by atoms with van der Waals surface area (Å²) in [5.74, 6) is 0. The lowest BCUT2D eigenvalue weighted by Gasteiger charge is -2.28. The first kappa shape index (κ1) is 33.2. The predicted octanol–water partition coefficient (Wildman–Crippen LogP) is 13.4. The Kier molecular flexibility index (Phi) is 7.55. The first-order valence-electron chi connectivity index (χ1n) is 19.7. The molecule has 0 amide bonds. The van der Waals surface area contributed by atoms with E-state index in [2.05, 4.69) is 200 Å². The number of hydrogen-bond acceptors (Lipinski definition) is 4. The second-order valence-electron chi connectivity index (χ2n) is 15.6. The lowest BCUT2D eigenvalue weighted by Crippen LogP contribution is -2.37. The summed E-state index contributed by atoms with van der Waals surface area (Å²) < 4.78 is 6.90. The summed E-state index contributed by atoms with van der Waals surface area (Å²) >= 11 is 0. The molecule has 4 heteroatoms. The number of hydrogen-bond donors (Lipinski definition) is 1. The van der Waals surface area contributed by atoms with Crippen LogP contribution in [0.15, 0.2) is 198 Å². The fourth-order valence-electron chi connectivity index (χ4n) is 9.09. The summed E-state index contributed by atoms with van der Waals surface area (Å²) in [6, 6.07) is 58.7. The van der Waals surface area contributed by atoms with Crippen LogP contribution in [0.3, 0.4) is 0 Å². The zero-order valence-electron chi connectivity index (χ0n) is 31.8. The van der Waals surface area contributed by atoms with Crippen molar-refractivity contribution in [2.75, 3.05) is 4.90 Å². The van der Waals surface area contributed by atoms with Gasteiger partial charge in [0.25, 0.3) is 0 Å². The van der Waals surface area contributed by atoms with Crippen LogP contribution >= 0.6 is 0 Å². The molecule has 0 spiro atoms. The molecule has 8 aromatic rings. The quantitative estimate of drug-likeness (QED) is 0.185. The van der Waals surface area contributed by atoms with Gasteiger partial charge in [0, 0.05) is 33.1 Å². The van der Waals surface area contributed by atoms with Crippen molar-refractivity contribution in [1.29, 1.82) is 0 Å². The molecule has 1 aromatic heterocycles. The van der Waals surface area contributed by atoms with E-state index in [1.165, 1.54) is 22.3 Å². The van der Waals surface area contributed by atoms with E-state index in [1.807, 2.05) is 12.1 Å². The monoisotopic (exact) mass is 733 g/mol. The second-order valence-corrected chi connectivity index (χ2v) is 15.6. The van der Waals surface area contributed by atoms with Gasteiger partial charge in [0.05, 0.1) is 28.8 Å². The number of furan rings is 1. The Bertz CT molecular complexity index is 3000. The van der Waals surface area contributed by atoms with Gasteiger partial charge in [-0.1, -0.05) is 159 Å². The molecule has 57 heavy (non-hydrogen) atoms. The minimum atomic E-state index is -0.0711. The molecule has 1 atom stereocenters. The Balaban J connectivity index is 1.07. The number of anilines is 3. The maximum absolute atomic E-state index is 6.90. The van der Waals surface area contributed by atoms with E-state index < -0.39 is 0 Å². The van der Waals surface area contributed by atoms with Crippen LogP contribution < -0.4 is 10.2 Å². The van der Waals surface area contributed by atoms with Crippen molar-refractivity contribution >= 4 is 56.1 Å². The fourth-order valence-corrected chi connectivity index (χ4v) is 9.09. The predicted molar refractivity (Wildman–Crippen MR) is 237 cm³/mol. The van der Waals surface area contributed by atoms with Crippen LogP contribution in [0.5, 0.6) is 0 Å². The Labute approximate surface area is 332 Å². The molecule has 0 bridgehead atoms. The molecule has 0 saturated heterocycles. The Morgan fingerprint density at radius 2 is 1.32 bits per heavy atom. The van der Waals surface area contributed by atoms with Crippen LogP contribution in [0.4, 0.5) is 17.1 Å². The highest BCUT2D eigenvalue weighted by atomic mass is 16.3. The molecule has 4 nitrogen and oxygen atoms in total. The molecule has 11 rings (SSSR count). The van der Waals surface area contributed by atoms with Crippen LogP contribution in [0.25, 0.3) is 55.6 Å². The molecule has 272 valence electrons. The van der Waals surface area contributed by atoms with Gasteiger partial charge in [0.15, 0.2) is 5.58 Å². The van der Waals surface area contributed by atoms with Crippen LogP contribution in [-0.4, -0.2) is 11.8 Å². The maximum Gasteiger partial charge on any atom is 0.160 e. The summed E-state index contributed by atoms with van der Waals surface area (Å²) in [4.78, 5) is 7.52. The Morgan fingerprint density at radius 1 is 0.596 bits per heavy atom. The van der Waals surface area contributed by atoms with E-state index in [4.69, 9.17) is 9.41 Å². The van der Waals surface area contributed by atoms with Gasteiger partial charge in [-0.2, -0.15) is 0 Å². The molecule has 0 fully saturated rings. The van der Waals surface area contributed by atoms with E-state index in [9.17, 15) is 0 Å². The lowest BCUT2D eigenvalue weighted by molar-refractivity contribution is 0.660. The number of allylic oxidation sites excluding steroid dienone is 2. The zero-order chi connectivity index (χ0) is 38.1. The smallest absolute Gasteiger partial charge is 0.160 e. The number of nitrogens with zero attached hydrogens (tertiary/aromatic N) is 2. The van der Waals surface area contributed by atoms with E-state index in [0.29, 0.717) is 0 Å². The largest absolute Gasteiger partial charge is 0.454 e. The van der Waals surface area contributed by atoms with Gasteiger partial charge >= 0.3 is 0 Å². The summed E-state index contributed by atoms with van der Waals surface area (Å²) in [7, 11) is 0. The Morgan fingerprint density at radius 3 is 2.16 bits per heavy atom. The highest BCUT2D eigenvalue weighted by molar-refractivity contribution is 6.17. The second kappa shape index (κ2) is 13.0. The standard InChI is InChI=1S/C53H39N3O/c1-53(2)43-21-11-9-19-40(43)42-33-38(29-31-44(42)53)56(37-17-7-4-8-18-37)47-32-30-39(49-41-20-10-14-24-48(41)57-52(47)49)34-25-27-36(28-26-34)51-50(35-15-5-3-6-16-35)54-45-22-12-13-23-46(45)55-51/h3-33,46,55H,1-2H3. The summed E-state index contributed by atoms with van der Waals surface area (Å²) in [5.41, 5.74) is 17.5. The minimum absolute atomic E-state index is 0.0288. The van der Waals surface area contributed by atoms with Gasteiger partial charge < -0.3 is 14.6 Å². The summed E-state index contributed by atoms with van der Waals surface area (Å²) in [5, 5.41) is 5.98. The molecule has 2 aliphatic carbocycles. The van der Waals surface area contributed by atoms with Crippen LogP contribution in [0, 0.1) is 0 Å². The van der Waals surface area contributed by atoms with Crippen molar-refractivity contribution in [3.8, 4) is 22.3 Å². The third-order valence-electron chi connectivity index (χ3n) is 11.9. The number of fused-ring (bicyclic) bond motifs is 7. The number of rotatable bonds is 6. The van der Waals surface area contributed by atoms with Crippen LogP contribution in [-0.2, 0) is 5.41 Å². The van der Waals surface area contributed by atoms with Gasteiger partial charge in [-0.3, -0.25) is 0 Å². The normalized spacial score (nSPS) is 16.2. The molecule has 7 aromatic carbocycles. The third kappa shape index (κ3) is 5.32. The number of aliphatic imine (C=N–C) groups is 1. The van der Waals surface area contributed by atoms with Crippen molar-refractivity contribution < 1.29 is 4.42 Å². The summed E-state index contributed by atoms with van der Waals surface area (Å²) in [6.45, 7) is 4.66. The van der Waals surface area contributed by atoms with Gasteiger partial charge in [-0.05, 0) is 81.4 Å². The molecule has 1 N–H and O–H groups in total. The van der Waals surface area contributed by atoms with Gasteiger partial charge in [0.2, 0.25) is 0 Å². The van der Waals surface area contributed by atoms with E-state index in [0.717, 1.165) is 78.4 Å². The van der Waals surface area contributed by atoms with Gasteiger partial charge in [-0.15, -0.1) is 0 Å². The fraction of sp³-hybridized carbons (Fsp3) is 0.0755. The Hall–Kier alpha value is -7.17. The van der Waals surface area contributed by atoms with Crippen molar-refractivity contribution in [2.24, 2.45) is 4.99 Å². The highest BCUT2D eigenvalue weighted by Crippen LogP contribution is 2.52. The van der Waals surface area contributed by atoms with Crippen molar-refractivity contribution in [1.82, 2.24) is 5.32 Å². The lowest BCUT2D eigenvalue weighted by atomic mass is 9.82.